The number of carbonyl (C=O) groups excluding carboxylic acids is 1. The molecular formula is C15H29NO6. The van der Waals surface area contributed by atoms with Crippen molar-refractivity contribution in [1.82, 2.24) is 4.90 Å². The molecule has 0 bridgehead atoms. The van der Waals surface area contributed by atoms with E-state index in [1.54, 1.807) is 21.1 Å². The van der Waals surface area contributed by atoms with E-state index in [0.29, 0.717) is 19.6 Å². The van der Waals surface area contributed by atoms with Gasteiger partial charge < -0.3 is 24.2 Å². The summed E-state index contributed by atoms with van der Waals surface area (Å²) in [7, 11) is 3.17. The van der Waals surface area contributed by atoms with E-state index >= 15 is 0 Å². The molecule has 22 heavy (non-hydrogen) atoms. The molecular weight excluding hydrogens is 290 g/mol. The third kappa shape index (κ3) is 8.96. The molecule has 0 aliphatic heterocycles. The molecule has 0 aromatic carbocycles. The summed E-state index contributed by atoms with van der Waals surface area (Å²) >= 11 is 0. The van der Waals surface area contributed by atoms with E-state index in [2.05, 4.69) is 0 Å². The van der Waals surface area contributed by atoms with Crippen molar-refractivity contribution >= 4 is 11.9 Å². The molecule has 0 aliphatic rings. The summed E-state index contributed by atoms with van der Waals surface area (Å²) in [6.45, 7) is 6.53. The Hall–Kier alpha value is -1.18. The van der Waals surface area contributed by atoms with Gasteiger partial charge in [0.05, 0.1) is 19.1 Å². The second-order valence-electron chi connectivity index (χ2n) is 5.66. The second-order valence-corrected chi connectivity index (χ2v) is 5.66. The first-order chi connectivity index (χ1) is 10.3. The van der Waals surface area contributed by atoms with Crippen molar-refractivity contribution in [3.05, 3.63) is 0 Å². The first-order valence-corrected chi connectivity index (χ1v) is 7.46. The van der Waals surface area contributed by atoms with Gasteiger partial charge >= 0.3 is 5.97 Å². The van der Waals surface area contributed by atoms with Gasteiger partial charge in [0.15, 0.2) is 0 Å². The average molecular weight is 319 g/mol. The van der Waals surface area contributed by atoms with Gasteiger partial charge in [0.2, 0.25) is 5.91 Å². The Morgan fingerprint density at radius 3 is 2.32 bits per heavy atom. The summed E-state index contributed by atoms with van der Waals surface area (Å²) in [5, 5.41) is 9.18. The number of aliphatic carboxylic acids is 1. The smallest absolute Gasteiger partial charge is 0.307 e. The zero-order valence-electron chi connectivity index (χ0n) is 14.2. The summed E-state index contributed by atoms with van der Waals surface area (Å²) in [5.74, 6) is -1.63. The lowest BCUT2D eigenvalue weighted by Crippen LogP contribution is -2.39. The summed E-state index contributed by atoms with van der Waals surface area (Å²) in [4.78, 5) is 24.7. The van der Waals surface area contributed by atoms with Crippen LogP contribution >= 0.6 is 0 Å². The lowest BCUT2D eigenvalue weighted by Gasteiger charge is -2.26. The van der Waals surface area contributed by atoms with Crippen LogP contribution in [0.2, 0.25) is 0 Å². The molecule has 0 aliphatic carbocycles. The van der Waals surface area contributed by atoms with Crippen LogP contribution in [0, 0.1) is 11.8 Å². The lowest BCUT2D eigenvalue weighted by molar-refractivity contribution is -0.161. The van der Waals surface area contributed by atoms with Crippen LogP contribution in [-0.4, -0.2) is 62.3 Å². The molecule has 0 rings (SSSR count). The Kier molecular flexibility index (Phi) is 10.8. The Balaban J connectivity index is 4.23. The number of nitrogens with zero attached hydrogens (tertiary/aromatic N) is 1. The van der Waals surface area contributed by atoms with Crippen LogP contribution in [0.25, 0.3) is 0 Å². The Morgan fingerprint density at radius 1 is 1.18 bits per heavy atom. The number of rotatable bonds is 12. The molecule has 0 saturated carbocycles. The standard InChI is InChI=1S/C15H29NO6/c1-11(2)8-13(15(18)19)9-14(17)16(4)12(3)22-10-21-7-6-20-5/h11-13H,6-10H2,1-5H3,(H,18,19). The Morgan fingerprint density at radius 2 is 1.82 bits per heavy atom. The summed E-state index contributed by atoms with van der Waals surface area (Å²) in [6.07, 6.45) is -0.0319. The molecule has 0 aromatic heterocycles. The summed E-state index contributed by atoms with van der Waals surface area (Å²) in [6, 6.07) is 0. The zero-order chi connectivity index (χ0) is 17.1. The van der Waals surface area contributed by atoms with Crippen molar-refractivity contribution < 1.29 is 28.9 Å². The van der Waals surface area contributed by atoms with Crippen LogP contribution in [0.4, 0.5) is 0 Å². The molecule has 7 heteroatoms. The lowest BCUT2D eigenvalue weighted by atomic mass is 9.94. The predicted molar refractivity (Wildman–Crippen MR) is 81.2 cm³/mol. The summed E-state index contributed by atoms with van der Waals surface area (Å²) in [5.41, 5.74) is 0. The monoisotopic (exact) mass is 319 g/mol. The minimum atomic E-state index is -0.938. The largest absolute Gasteiger partial charge is 0.481 e. The van der Waals surface area contributed by atoms with Crippen molar-refractivity contribution in [3.63, 3.8) is 0 Å². The van der Waals surface area contributed by atoms with Crippen molar-refractivity contribution in [1.29, 1.82) is 0 Å². The first kappa shape index (κ1) is 20.8. The first-order valence-electron chi connectivity index (χ1n) is 7.46. The number of carboxylic acids is 1. The predicted octanol–water partition coefficient (Wildman–Crippen LogP) is 1.56. The number of carbonyl (C=O) groups is 2. The van der Waals surface area contributed by atoms with Crippen LogP contribution < -0.4 is 0 Å². The zero-order valence-corrected chi connectivity index (χ0v) is 14.2. The van der Waals surface area contributed by atoms with E-state index < -0.39 is 18.1 Å². The van der Waals surface area contributed by atoms with E-state index in [-0.39, 0.29) is 25.0 Å². The molecule has 2 unspecified atom stereocenters. The minimum Gasteiger partial charge on any atom is -0.481 e. The molecule has 0 fully saturated rings. The van der Waals surface area contributed by atoms with Crippen LogP contribution in [-0.2, 0) is 23.8 Å². The van der Waals surface area contributed by atoms with Crippen molar-refractivity contribution in [2.45, 2.75) is 39.8 Å². The van der Waals surface area contributed by atoms with Gasteiger partial charge in [0.1, 0.15) is 13.0 Å². The van der Waals surface area contributed by atoms with Crippen LogP contribution in [0.3, 0.4) is 0 Å². The maximum absolute atomic E-state index is 12.1. The number of ether oxygens (including phenoxy) is 3. The van der Waals surface area contributed by atoms with Crippen molar-refractivity contribution in [3.8, 4) is 0 Å². The minimum absolute atomic E-state index is 0.0256. The molecule has 7 nitrogen and oxygen atoms in total. The third-order valence-electron chi connectivity index (χ3n) is 3.29. The van der Waals surface area contributed by atoms with Gasteiger partial charge in [-0.25, -0.2) is 0 Å². The topological polar surface area (TPSA) is 85.3 Å². The van der Waals surface area contributed by atoms with Crippen LogP contribution in [0.15, 0.2) is 0 Å². The van der Waals surface area contributed by atoms with E-state index in [4.69, 9.17) is 14.2 Å². The molecule has 0 aromatic rings. The highest BCUT2D eigenvalue weighted by Crippen LogP contribution is 2.17. The fourth-order valence-corrected chi connectivity index (χ4v) is 1.86. The average Bonchev–Trinajstić information content (AvgIpc) is 2.44. The Labute approximate surface area is 132 Å². The second kappa shape index (κ2) is 11.4. The molecule has 0 heterocycles. The van der Waals surface area contributed by atoms with Crippen LogP contribution in [0.5, 0.6) is 0 Å². The molecule has 0 radical (unpaired) electrons. The number of methoxy groups -OCH3 is 1. The molecule has 1 N–H and O–H groups in total. The van der Waals surface area contributed by atoms with Gasteiger partial charge in [-0.2, -0.15) is 0 Å². The SMILES string of the molecule is COCCOCOC(C)N(C)C(=O)CC(CC(C)C)C(=O)O. The molecule has 0 spiro atoms. The van der Waals surface area contributed by atoms with Crippen LogP contribution in [0.1, 0.15) is 33.6 Å². The highest BCUT2D eigenvalue weighted by Gasteiger charge is 2.25. The van der Waals surface area contributed by atoms with Gasteiger partial charge in [-0.1, -0.05) is 13.8 Å². The third-order valence-corrected chi connectivity index (χ3v) is 3.29. The highest BCUT2D eigenvalue weighted by molar-refractivity contribution is 5.82. The van der Waals surface area contributed by atoms with Gasteiger partial charge in [-0.05, 0) is 19.3 Å². The fraction of sp³-hybridized carbons (Fsp3) is 0.867. The van der Waals surface area contributed by atoms with Crippen molar-refractivity contribution in [2.75, 3.05) is 34.2 Å². The maximum atomic E-state index is 12.1. The normalized spacial score (nSPS) is 13.9. The van der Waals surface area contributed by atoms with Crippen molar-refractivity contribution in [2.24, 2.45) is 11.8 Å². The summed E-state index contributed by atoms with van der Waals surface area (Å²) < 4.78 is 15.4. The van der Waals surface area contributed by atoms with E-state index in [9.17, 15) is 14.7 Å². The number of amides is 1. The van der Waals surface area contributed by atoms with Gasteiger partial charge in [0.25, 0.3) is 0 Å². The van der Waals surface area contributed by atoms with Gasteiger partial charge in [-0.15, -0.1) is 0 Å². The fourth-order valence-electron chi connectivity index (χ4n) is 1.86. The highest BCUT2D eigenvalue weighted by atomic mass is 16.7. The Bertz CT molecular complexity index is 334. The number of carboxylic acid groups (broad SMARTS) is 1. The van der Waals surface area contributed by atoms with Gasteiger partial charge in [0, 0.05) is 20.6 Å². The number of hydrogen-bond acceptors (Lipinski definition) is 5. The quantitative estimate of drug-likeness (QED) is 0.434. The maximum Gasteiger partial charge on any atom is 0.307 e. The van der Waals surface area contributed by atoms with E-state index in [1.165, 1.54) is 4.90 Å². The molecule has 130 valence electrons. The molecule has 0 saturated heterocycles. The van der Waals surface area contributed by atoms with E-state index in [0.717, 1.165) is 0 Å². The molecule has 1 amide bonds. The van der Waals surface area contributed by atoms with E-state index in [1.807, 2.05) is 13.8 Å². The van der Waals surface area contributed by atoms with Gasteiger partial charge in [-0.3, -0.25) is 9.59 Å². The molecule has 2 atom stereocenters. The number of hydrogen-bond donors (Lipinski definition) is 1.